The van der Waals surface area contributed by atoms with Crippen LogP contribution in [0.3, 0.4) is 0 Å². The van der Waals surface area contributed by atoms with Crippen molar-refractivity contribution in [1.29, 1.82) is 5.26 Å². The lowest BCUT2D eigenvalue weighted by molar-refractivity contribution is -0.131. The van der Waals surface area contributed by atoms with Crippen LogP contribution < -0.4 is 10.6 Å². The van der Waals surface area contributed by atoms with Crippen LogP contribution >= 0.6 is 0 Å². The van der Waals surface area contributed by atoms with Gasteiger partial charge in [-0.15, -0.1) is 0 Å². The molecule has 8 heteroatoms. The minimum Gasteiger partial charge on any atom is -0.462 e. The van der Waals surface area contributed by atoms with Gasteiger partial charge in [-0.2, -0.15) is 5.26 Å². The van der Waals surface area contributed by atoms with E-state index in [1.807, 2.05) is 19.9 Å². The van der Waals surface area contributed by atoms with Gasteiger partial charge >= 0.3 is 5.97 Å². The quantitative estimate of drug-likeness (QED) is 0.264. The van der Waals surface area contributed by atoms with E-state index in [0.29, 0.717) is 13.2 Å². The first-order valence-corrected chi connectivity index (χ1v) is 8.71. The molecule has 0 radical (unpaired) electrons. The highest BCUT2D eigenvalue weighted by molar-refractivity contribution is 6.09. The minimum atomic E-state index is -0.647. The van der Waals surface area contributed by atoms with Crippen LogP contribution in [0.25, 0.3) is 0 Å². The second-order valence-corrected chi connectivity index (χ2v) is 5.14. The average Bonchev–Trinajstić information content (AvgIpc) is 2.66. The number of esters is 1. The number of nitrogens with one attached hydrogen (secondary N) is 2. The molecule has 8 nitrogen and oxygen atoms in total. The van der Waals surface area contributed by atoms with Gasteiger partial charge in [0.05, 0.1) is 24.4 Å². The number of carbonyl (C=O) groups is 2. The van der Waals surface area contributed by atoms with E-state index in [-0.39, 0.29) is 30.0 Å². The van der Waals surface area contributed by atoms with Gasteiger partial charge in [0.25, 0.3) is 5.91 Å². The molecule has 1 aromatic carbocycles. The highest BCUT2D eigenvalue weighted by atomic mass is 16.7. The third-order valence-corrected chi connectivity index (χ3v) is 3.27. The van der Waals surface area contributed by atoms with E-state index in [9.17, 15) is 14.9 Å². The van der Waals surface area contributed by atoms with Crippen molar-refractivity contribution in [2.24, 2.45) is 0 Å². The number of amides is 1. The number of carbonyl (C=O) groups excluding carboxylic acids is 2. The molecule has 146 valence electrons. The van der Waals surface area contributed by atoms with Gasteiger partial charge in [-0.1, -0.05) is 12.1 Å². The van der Waals surface area contributed by atoms with E-state index < -0.39 is 18.2 Å². The fourth-order valence-corrected chi connectivity index (χ4v) is 2.11. The molecule has 0 fully saturated rings. The third kappa shape index (κ3) is 7.48. The topological polar surface area (TPSA) is 110 Å². The zero-order valence-corrected chi connectivity index (χ0v) is 15.8. The summed E-state index contributed by atoms with van der Waals surface area (Å²) in [6, 6.07) is 8.25. The van der Waals surface area contributed by atoms with Gasteiger partial charge in [-0.3, -0.25) is 4.79 Å². The fourth-order valence-electron chi connectivity index (χ4n) is 2.11. The Balaban J connectivity index is 2.79. The molecule has 2 N–H and O–H groups in total. The number of benzene rings is 1. The monoisotopic (exact) mass is 375 g/mol. The summed E-state index contributed by atoms with van der Waals surface area (Å²) >= 11 is 0. The first-order valence-electron chi connectivity index (χ1n) is 8.71. The van der Waals surface area contributed by atoms with Crippen molar-refractivity contribution in [3.05, 3.63) is 41.6 Å². The summed E-state index contributed by atoms with van der Waals surface area (Å²) in [4.78, 5) is 24.3. The Hall–Kier alpha value is -2.89. The molecule has 0 atom stereocenters. The maximum absolute atomic E-state index is 12.3. The molecule has 1 rings (SSSR count). The Morgan fingerprint density at radius 3 is 2.41 bits per heavy atom. The molecule has 1 amide bonds. The predicted octanol–water partition coefficient (Wildman–Crippen LogP) is 2.20. The SMILES string of the molecule is CCOC(=O)c1ccccc1NC(=O)/C(C#N)=C\NCC(OCC)OCC. The summed E-state index contributed by atoms with van der Waals surface area (Å²) < 4.78 is 15.7. The summed E-state index contributed by atoms with van der Waals surface area (Å²) in [5.41, 5.74) is 0.328. The van der Waals surface area contributed by atoms with Crippen molar-refractivity contribution in [1.82, 2.24) is 5.32 Å². The Kier molecular flexibility index (Phi) is 10.2. The molecule has 0 aromatic heterocycles. The average molecular weight is 375 g/mol. The molecular formula is C19H25N3O5. The number of rotatable bonds is 11. The molecule has 0 spiro atoms. The van der Waals surface area contributed by atoms with Gasteiger partial charge < -0.3 is 24.8 Å². The van der Waals surface area contributed by atoms with Crippen molar-refractivity contribution in [3.8, 4) is 6.07 Å². The van der Waals surface area contributed by atoms with Crippen LogP contribution in [0, 0.1) is 11.3 Å². The van der Waals surface area contributed by atoms with Gasteiger partial charge in [0.1, 0.15) is 11.6 Å². The normalized spacial score (nSPS) is 11.0. The van der Waals surface area contributed by atoms with Gasteiger partial charge in [0, 0.05) is 19.4 Å². The Bertz CT molecular complexity index is 691. The van der Waals surface area contributed by atoms with Crippen molar-refractivity contribution in [2.45, 2.75) is 27.1 Å². The number of ether oxygens (including phenoxy) is 3. The number of nitriles is 1. The molecule has 0 bridgehead atoms. The largest absolute Gasteiger partial charge is 0.462 e. The van der Waals surface area contributed by atoms with Crippen LogP contribution in [0.4, 0.5) is 5.69 Å². The lowest BCUT2D eigenvalue weighted by Gasteiger charge is -2.16. The van der Waals surface area contributed by atoms with E-state index in [2.05, 4.69) is 10.6 Å². The van der Waals surface area contributed by atoms with Crippen LogP contribution in [-0.2, 0) is 19.0 Å². The number of para-hydroxylation sites is 1. The first-order chi connectivity index (χ1) is 13.1. The molecule has 0 aliphatic carbocycles. The van der Waals surface area contributed by atoms with Crippen molar-refractivity contribution < 1.29 is 23.8 Å². The molecule has 0 saturated carbocycles. The molecule has 0 heterocycles. The highest BCUT2D eigenvalue weighted by Crippen LogP contribution is 2.17. The van der Waals surface area contributed by atoms with Crippen molar-refractivity contribution in [2.75, 3.05) is 31.7 Å². The van der Waals surface area contributed by atoms with Crippen molar-refractivity contribution >= 4 is 17.6 Å². The first kappa shape index (κ1) is 22.2. The van der Waals surface area contributed by atoms with E-state index >= 15 is 0 Å². The van der Waals surface area contributed by atoms with Crippen LogP contribution in [0.15, 0.2) is 36.0 Å². The lowest BCUT2D eigenvalue weighted by Crippen LogP contribution is -2.29. The zero-order chi connectivity index (χ0) is 20.1. The summed E-state index contributed by atoms with van der Waals surface area (Å²) in [6.07, 6.45) is 0.802. The number of hydrogen-bond acceptors (Lipinski definition) is 7. The summed E-state index contributed by atoms with van der Waals surface area (Å²) in [7, 11) is 0. The highest BCUT2D eigenvalue weighted by Gasteiger charge is 2.16. The van der Waals surface area contributed by atoms with Crippen LogP contribution in [0.2, 0.25) is 0 Å². The van der Waals surface area contributed by atoms with Gasteiger partial charge in [-0.05, 0) is 32.9 Å². The molecule has 0 saturated heterocycles. The van der Waals surface area contributed by atoms with Crippen LogP contribution in [0.5, 0.6) is 0 Å². The third-order valence-electron chi connectivity index (χ3n) is 3.27. The Labute approximate surface area is 159 Å². The minimum absolute atomic E-state index is 0.152. The summed E-state index contributed by atoms with van der Waals surface area (Å²) in [6.45, 7) is 6.83. The smallest absolute Gasteiger partial charge is 0.340 e. The zero-order valence-electron chi connectivity index (χ0n) is 15.8. The Morgan fingerprint density at radius 2 is 1.81 bits per heavy atom. The Morgan fingerprint density at radius 1 is 1.15 bits per heavy atom. The molecule has 0 aliphatic rings. The summed E-state index contributed by atoms with van der Waals surface area (Å²) in [5, 5.41) is 14.6. The molecule has 27 heavy (non-hydrogen) atoms. The van der Waals surface area contributed by atoms with E-state index in [4.69, 9.17) is 14.2 Å². The van der Waals surface area contributed by atoms with Gasteiger partial charge in [0.2, 0.25) is 0 Å². The van der Waals surface area contributed by atoms with Gasteiger partial charge in [0.15, 0.2) is 6.29 Å². The van der Waals surface area contributed by atoms with E-state index in [0.717, 1.165) is 0 Å². The van der Waals surface area contributed by atoms with E-state index in [1.54, 1.807) is 25.1 Å². The fraction of sp³-hybridized carbons (Fsp3) is 0.421. The molecule has 0 aliphatic heterocycles. The lowest BCUT2D eigenvalue weighted by atomic mass is 10.1. The second-order valence-electron chi connectivity index (χ2n) is 5.14. The van der Waals surface area contributed by atoms with Crippen LogP contribution in [0.1, 0.15) is 31.1 Å². The second kappa shape index (κ2) is 12.5. The number of hydrogen-bond donors (Lipinski definition) is 2. The van der Waals surface area contributed by atoms with Crippen molar-refractivity contribution in [3.63, 3.8) is 0 Å². The number of nitrogens with zero attached hydrogens (tertiary/aromatic N) is 1. The summed E-state index contributed by atoms with van der Waals surface area (Å²) in [5.74, 6) is -1.20. The standard InChI is InChI=1S/C19H25N3O5/c1-4-25-17(26-5-2)13-21-12-14(11-20)18(23)22-16-10-8-7-9-15(16)19(24)27-6-3/h7-10,12,17,21H,4-6,13H2,1-3H3,(H,22,23)/b14-12-. The van der Waals surface area contributed by atoms with Crippen LogP contribution in [-0.4, -0.2) is 44.5 Å². The maximum atomic E-state index is 12.3. The van der Waals surface area contributed by atoms with Gasteiger partial charge in [-0.25, -0.2) is 4.79 Å². The maximum Gasteiger partial charge on any atom is 0.340 e. The molecule has 1 aromatic rings. The molecule has 0 unspecified atom stereocenters. The molecular weight excluding hydrogens is 350 g/mol. The number of anilines is 1. The van der Waals surface area contributed by atoms with E-state index in [1.165, 1.54) is 12.3 Å². The predicted molar refractivity (Wildman–Crippen MR) is 99.8 cm³/mol.